The maximum absolute atomic E-state index is 13.9. The highest BCUT2D eigenvalue weighted by Gasteiger charge is 2.35. The van der Waals surface area contributed by atoms with Crippen molar-refractivity contribution >= 4 is 11.0 Å². The average Bonchev–Trinajstić information content (AvgIpc) is 2.88. The second-order valence-corrected chi connectivity index (χ2v) is 9.63. The first-order valence-electron chi connectivity index (χ1n) is 12.2. The molecule has 0 saturated heterocycles. The Morgan fingerprint density at radius 3 is 1.73 bits per heavy atom. The fourth-order valence-electron chi connectivity index (χ4n) is 5.20. The van der Waals surface area contributed by atoms with Gasteiger partial charge in [0.15, 0.2) is 0 Å². The van der Waals surface area contributed by atoms with Gasteiger partial charge in [-0.1, -0.05) is 39.8 Å². The van der Waals surface area contributed by atoms with Gasteiger partial charge in [-0.2, -0.15) is 0 Å². The first kappa shape index (κ1) is 25.9. The fraction of sp³-hybridized carbons (Fsp3) is 0.310. The summed E-state index contributed by atoms with van der Waals surface area (Å²) >= 11 is 0. The van der Waals surface area contributed by atoms with E-state index in [-0.39, 0.29) is 40.1 Å². The number of para-hydroxylation sites is 2. The van der Waals surface area contributed by atoms with E-state index < -0.39 is 5.92 Å². The van der Waals surface area contributed by atoms with Crippen LogP contribution in [0, 0.1) is 10.1 Å². The summed E-state index contributed by atoms with van der Waals surface area (Å²) < 4.78 is 12.6. The molecule has 8 nitrogen and oxygen atoms in total. The molecule has 8 heteroatoms. The van der Waals surface area contributed by atoms with Crippen molar-refractivity contribution in [1.29, 1.82) is 0 Å². The van der Waals surface area contributed by atoms with Crippen molar-refractivity contribution in [3.05, 3.63) is 92.8 Å². The molecule has 2 N–H and O–H groups in total. The Labute approximate surface area is 215 Å². The highest BCUT2D eigenvalue weighted by Crippen LogP contribution is 2.50. The SMILES string of the molecule is COc1ccc(O)c(C(c2c(O)ccc(OC)c2C(C)C)c2c[n+](=O)c3ccccc3n2[O-])c1C(C)C. The molecule has 0 aliphatic heterocycles. The molecule has 4 rings (SSSR count). The van der Waals surface area contributed by atoms with Gasteiger partial charge in [0.05, 0.1) is 30.3 Å². The van der Waals surface area contributed by atoms with Crippen LogP contribution in [0.25, 0.3) is 11.0 Å². The normalized spacial score (nSPS) is 11.6. The lowest BCUT2D eigenvalue weighted by molar-refractivity contribution is -0.465. The molecule has 37 heavy (non-hydrogen) atoms. The van der Waals surface area contributed by atoms with Crippen LogP contribution in [0.5, 0.6) is 23.0 Å². The Balaban J connectivity index is 2.26. The summed E-state index contributed by atoms with van der Waals surface area (Å²) in [7, 11) is 3.07. The van der Waals surface area contributed by atoms with Crippen LogP contribution < -0.4 is 13.9 Å². The van der Waals surface area contributed by atoms with Crippen molar-refractivity contribution in [3.8, 4) is 23.0 Å². The van der Waals surface area contributed by atoms with Crippen LogP contribution in [-0.2, 0) is 0 Å². The zero-order valence-corrected chi connectivity index (χ0v) is 21.9. The van der Waals surface area contributed by atoms with Gasteiger partial charge in [-0.15, -0.1) is 0 Å². The number of phenolic OH excluding ortho intramolecular Hbond substituents is 2. The largest absolute Gasteiger partial charge is 0.805 e. The Morgan fingerprint density at radius 1 is 0.784 bits per heavy atom. The number of rotatable bonds is 7. The lowest BCUT2D eigenvalue weighted by Crippen LogP contribution is -2.24. The molecular formula is C29H32N2O6. The van der Waals surface area contributed by atoms with Gasteiger partial charge in [0.1, 0.15) is 28.5 Å². The smallest absolute Gasteiger partial charge is 0.285 e. The van der Waals surface area contributed by atoms with E-state index in [0.29, 0.717) is 42.9 Å². The molecule has 0 aliphatic carbocycles. The van der Waals surface area contributed by atoms with Gasteiger partial charge >= 0.3 is 0 Å². The molecule has 194 valence electrons. The zero-order chi connectivity index (χ0) is 27.0. The van der Waals surface area contributed by atoms with Crippen LogP contribution in [0.4, 0.5) is 0 Å². The fourth-order valence-corrected chi connectivity index (χ4v) is 5.20. The molecule has 0 fully saturated rings. The van der Waals surface area contributed by atoms with Gasteiger partial charge in [0, 0.05) is 33.2 Å². The van der Waals surface area contributed by atoms with Crippen LogP contribution in [0.3, 0.4) is 0 Å². The van der Waals surface area contributed by atoms with Crippen molar-refractivity contribution in [3.63, 3.8) is 0 Å². The molecule has 0 bridgehead atoms. The second kappa shape index (κ2) is 10.0. The van der Waals surface area contributed by atoms with Crippen LogP contribution in [0.2, 0.25) is 0 Å². The molecule has 0 unspecified atom stereocenters. The number of aromatic nitrogens is 2. The summed E-state index contributed by atoms with van der Waals surface area (Å²) in [6, 6.07) is 12.8. The Bertz CT molecular complexity index is 1460. The lowest BCUT2D eigenvalue weighted by Gasteiger charge is -2.31. The quantitative estimate of drug-likeness (QED) is 0.310. The number of ether oxygens (including phenoxy) is 2. The van der Waals surface area contributed by atoms with E-state index >= 15 is 0 Å². The molecule has 0 spiro atoms. The van der Waals surface area contributed by atoms with Gasteiger partial charge < -0.3 is 29.6 Å². The van der Waals surface area contributed by atoms with E-state index in [1.165, 1.54) is 32.5 Å². The van der Waals surface area contributed by atoms with Crippen molar-refractivity contribution in [2.45, 2.75) is 45.4 Å². The first-order chi connectivity index (χ1) is 17.6. The topological polar surface area (TPSA) is 110 Å². The molecule has 0 aliphatic rings. The van der Waals surface area contributed by atoms with E-state index in [9.17, 15) is 20.3 Å². The number of methoxy groups -OCH3 is 2. The number of aromatic hydroxyl groups is 2. The summed E-state index contributed by atoms with van der Waals surface area (Å²) in [6.45, 7) is 7.80. The number of benzene rings is 3. The van der Waals surface area contributed by atoms with Gasteiger partial charge in [-0.3, -0.25) is 0 Å². The van der Waals surface area contributed by atoms with Crippen molar-refractivity contribution in [2.75, 3.05) is 14.2 Å². The van der Waals surface area contributed by atoms with Gasteiger partial charge in [-0.05, 0) is 42.2 Å². The van der Waals surface area contributed by atoms with E-state index in [2.05, 4.69) is 0 Å². The predicted molar refractivity (Wildman–Crippen MR) is 143 cm³/mol. The molecule has 3 aromatic carbocycles. The van der Waals surface area contributed by atoms with Gasteiger partial charge in [0.2, 0.25) is 6.20 Å². The van der Waals surface area contributed by atoms with Crippen LogP contribution >= 0.6 is 0 Å². The third kappa shape index (κ3) is 4.33. The van der Waals surface area contributed by atoms with Gasteiger partial charge in [-0.25, -0.2) is 0 Å². The summed E-state index contributed by atoms with van der Waals surface area (Å²) in [5.74, 6) is -0.412. The standard InChI is InChI=1S/C29H32N2O6/c1-16(2)25-23(36-5)13-11-21(32)28(25)27(29-22(33)12-14-24(37-6)26(29)17(3)4)20-15-30(34)18-9-7-8-10-19(18)31(20)35/h7-17,27,32-33H,1-6H3. The molecule has 0 radical (unpaired) electrons. The highest BCUT2D eigenvalue weighted by atomic mass is 16.5. The summed E-state index contributed by atoms with van der Waals surface area (Å²) in [5, 5.41) is 36.5. The molecule has 1 heterocycles. The number of phenols is 2. The second-order valence-electron chi connectivity index (χ2n) is 9.63. The third-order valence-electron chi connectivity index (χ3n) is 6.74. The van der Waals surface area contributed by atoms with Crippen molar-refractivity contribution in [2.24, 2.45) is 0 Å². The maximum atomic E-state index is 13.9. The molecule has 0 atom stereocenters. The van der Waals surface area contributed by atoms with Crippen LogP contribution in [0.1, 0.15) is 73.4 Å². The summed E-state index contributed by atoms with van der Waals surface area (Å²) in [6.07, 6.45) is 1.21. The van der Waals surface area contributed by atoms with Crippen LogP contribution in [0.15, 0.2) is 54.7 Å². The van der Waals surface area contributed by atoms with E-state index in [4.69, 9.17) is 9.47 Å². The number of hydrogen-bond acceptors (Lipinski definition) is 6. The van der Waals surface area contributed by atoms with E-state index in [1.54, 1.807) is 36.4 Å². The Hall–Kier alpha value is -4.20. The summed E-state index contributed by atoms with van der Waals surface area (Å²) in [5.41, 5.74) is 2.49. The minimum atomic E-state index is -1.03. The Morgan fingerprint density at radius 2 is 1.27 bits per heavy atom. The number of nitrogens with zero attached hydrogens (tertiary/aromatic N) is 2. The molecule has 0 amide bonds. The third-order valence-corrected chi connectivity index (χ3v) is 6.74. The average molecular weight is 505 g/mol. The summed E-state index contributed by atoms with van der Waals surface area (Å²) in [4.78, 5) is 13.2. The lowest BCUT2D eigenvalue weighted by atomic mass is 9.77. The van der Waals surface area contributed by atoms with Crippen LogP contribution in [-0.4, -0.2) is 29.2 Å². The zero-order valence-electron chi connectivity index (χ0n) is 21.9. The van der Waals surface area contributed by atoms with Gasteiger partial charge in [0.25, 0.3) is 5.52 Å². The minimum absolute atomic E-state index is 0.0459. The molecule has 0 saturated carbocycles. The Kier molecular flexibility index (Phi) is 7.03. The first-order valence-corrected chi connectivity index (χ1v) is 12.2. The molecular weight excluding hydrogens is 472 g/mol. The van der Waals surface area contributed by atoms with E-state index in [1.807, 2.05) is 27.7 Å². The minimum Gasteiger partial charge on any atom is -0.805 e. The number of fused-ring (bicyclic) bond motifs is 1. The van der Waals surface area contributed by atoms with Crippen molar-refractivity contribution in [1.82, 2.24) is 4.73 Å². The predicted octanol–water partition coefficient (Wildman–Crippen LogP) is 5.76. The number of hydrogen-bond donors (Lipinski definition) is 2. The maximum Gasteiger partial charge on any atom is 0.285 e. The highest BCUT2D eigenvalue weighted by molar-refractivity contribution is 5.73. The molecule has 1 aromatic heterocycles. The van der Waals surface area contributed by atoms with Crippen molar-refractivity contribution < 1.29 is 24.1 Å². The monoisotopic (exact) mass is 504 g/mol. The van der Waals surface area contributed by atoms with E-state index in [0.717, 1.165) is 0 Å². The molecule has 4 aromatic rings.